The average molecular weight is 419 g/mol. The Morgan fingerprint density at radius 3 is 2.50 bits per heavy atom. The fourth-order valence-electron chi connectivity index (χ4n) is 2.66. The van der Waals surface area contributed by atoms with Crippen molar-refractivity contribution >= 4 is 29.3 Å². The van der Waals surface area contributed by atoms with Crippen LogP contribution in [0.5, 0.6) is 11.5 Å². The Hall–Kier alpha value is -3.75. The zero-order valence-electron chi connectivity index (χ0n) is 16.3. The third-order valence-corrected chi connectivity index (χ3v) is 4.48. The predicted molar refractivity (Wildman–Crippen MR) is 117 cm³/mol. The highest BCUT2D eigenvalue weighted by Crippen LogP contribution is 2.28. The van der Waals surface area contributed by atoms with E-state index in [0.717, 1.165) is 5.56 Å². The summed E-state index contributed by atoms with van der Waals surface area (Å²) >= 11 is 5.86. The molecule has 0 aliphatic rings. The molecular weight excluding hydrogens is 400 g/mol. The maximum atomic E-state index is 12.5. The van der Waals surface area contributed by atoms with Gasteiger partial charge in [-0.15, -0.1) is 0 Å². The van der Waals surface area contributed by atoms with E-state index in [-0.39, 0.29) is 5.57 Å². The number of anilines is 1. The van der Waals surface area contributed by atoms with E-state index in [2.05, 4.69) is 5.32 Å². The van der Waals surface area contributed by atoms with Gasteiger partial charge in [-0.25, -0.2) is 0 Å². The summed E-state index contributed by atoms with van der Waals surface area (Å²) in [5.41, 5.74) is 2.08. The number of hydrogen-bond acceptors (Lipinski definition) is 4. The summed E-state index contributed by atoms with van der Waals surface area (Å²) in [5, 5.41) is 12.8. The number of amides is 1. The van der Waals surface area contributed by atoms with Gasteiger partial charge in [-0.2, -0.15) is 5.26 Å². The first-order valence-corrected chi connectivity index (χ1v) is 9.50. The van der Waals surface area contributed by atoms with Crippen LogP contribution in [0.3, 0.4) is 0 Å². The third-order valence-electron chi connectivity index (χ3n) is 4.22. The molecule has 0 heterocycles. The van der Waals surface area contributed by atoms with Gasteiger partial charge in [0.05, 0.1) is 7.11 Å². The van der Waals surface area contributed by atoms with Crippen LogP contribution in [0.2, 0.25) is 5.02 Å². The molecule has 0 aromatic heterocycles. The number of nitriles is 1. The first kappa shape index (κ1) is 21.0. The van der Waals surface area contributed by atoms with Gasteiger partial charge >= 0.3 is 0 Å². The minimum Gasteiger partial charge on any atom is -0.497 e. The number of rotatable bonds is 7. The van der Waals surface area contributed by atoms with E-state index >= 15 is 0 Å². The number of benzene rings is 3. The number of ether oxygens (including phenoxy) is 2. The average Bonchev–Trinajstić information content (AvgIpc) is 2.78. The number of hydrogen-bond donors (Lipinski definition) is 1. The molecular formula is C24H19ClN2O3. The van der Waals surface area contributed by atoms with Gasteiger partial charge in [0.15, 0.2) is 0 Å². The highest BCUT2D eigenvalue weighted by Gasteiger charge is 2.12. The van der Waals surface area contributed by atoms with E-state index in [4.69, 9.17) is 21.1 Å². The Morgan fingerprint density at radius 2 is 1.83 bits per heavy atom. The van der Waals surface area contributed by atoms with Crippen LogP contribution in [-0.2, 0) is 11.4 Å². The lowest BCUT2D eigenvalue weighted by Gasteiger charge is -2.12. The molecule has 0 spiro atoms. The summed E-state index contributed by atoms with van der Waals surface area (Å²) in [4.78, 5) is 12.5. The van der Waals surface area contributed by atoms with E-state index in [1.165, 1.54) is 6.08 Å². The van der Waals surface area contributed by atoms with Crippen LogP contribution in [-0.4, -0.2) is 13.0 Å². The Balaban J connectivity index is 1.84. The van der Waals surface area contributed by atoms with E-state index in [1.807, 2.05) is 36.4 Å². The van der Waals surface area contributed by atoms with Crippen molar-refractivity contribution in [3.8, 4) is 17.6 Å². The predicted octanol–water partition coefficient (Wildman–Crippen LogP) is 5.47. The standard InChI is InChI=1S/C24H19ClN2O3/c1-29-22-12-7-18(23(14-22)30-16-17-5-3-2-4-6-17)13-19(15-26)24(28)27-21-10-8-20(25)9-11-21/h2-14H,16H2,1H3,(H,27,28)/b19-13+. The number of halogens is 1. The summed E-state index contributed by atoms with van der Waals surface area (Å²) in [6.07, 6.45) is 1.49. The molecule has 6 heteroatoms. The number of carbonyl (C=O) groups is 1. The first-order valence-electron chi connectivity index (χ1n) is 9.12. The maximum Gasteiger partial charge on any atom is 0.266 e. The second kappa shape index (κ2) is 10.1. The molecule has 1 N–H and O–H groups in total. The molecule has 1 amide bonds. The van der Waals surface area contributed by atoms with Crippen LogP contribution in [0, 0.1) is 11.3 Å². The molecule has 0 atom stereocenters. The van der Waals surface area contributed by atoms with E-state index in [1.54, 1.807) is 49.6 Å². The van der Waals surface area contributed by atoms with E-state index in [9.17, 15) is 10.1 Å². The zero-order valence-corrected chi connectivity index (χ0v) is 17.0. The largest absolute Gasteiger partial charge is 0.497 e. The number of nitrogens with one attached hydrogen (secondary N) is 1. The number of carbonyl (C=O) groups excluding carboxylic acids is 1. The lowest BCUT2D eigenvalue weighted by molar-refractivity contribution is -0.112. The molecule has 150 valence electrons. The molecule has 0 aliphatic carbocycles. The second-order valence-corrected chi connectivity index (χ2v) is 6.75. The van der Waals surface area contributed by atoms with Gasteiger partial charge in [0, 0.05) is 22.3 Å². The first-order chi connectivity index (χ1) is 14.6. The fourth-order valence-corrected chi connectivity index (χ4v) is 2.78. The molecule has 0 saturated heterocycles. The van der Waals surface area contributed by atoms with Crippen molar-refractivity contribution in [2.75, 3.05) is 12.4 Å². The highest BCUT2D eigenvalue weighted by atomic mass is 35.5. The molecule has 0 radical (unpaired) electrons. The third kappa shape index (κ3) is 5.63. The summed E-state index contributed by atoms with van der Waals surface area (Å²) in [7, 11) is 1.56. The second-order valence-electron chi connectivity index (χ2n) is 6.31. The molecule has 0 aliphatic heterocycles. The Morgan fingerprint density at radius 1 is 1.10 bits per heavy atom. The van der Waals surface area contributed by atoms with Crippen molar-refractivity contribution in [1.82, 2.24) is 0 Å². The van der Waals surface area contributed by atoms with Gasteiger partial charge in [-0.3, -0.25) is 4.79 Å². The summed E-state index contributed by atoms with van der Waals surface area (Å²) in [6.45, 7) is 0.341. The lowest BCUT2D eigenvalue weighted by atomic mass is 10.1. The van der Waals surface area contributed by atoms with Gasteiger partial charge in [0.2, 0.25) is 0 Å². The van der Waals surface area contributed by atoms with Gasteiger partial charge in [-0.1, -0.05) is 41.9 Å². The monoisotopic (exact) mass is 418 g/mol. The van der Waals surface area contributed by atoms with Crippen LogP contribution in [0.4, 0.5) is 5.69 Å². The topological polar surface area (TPSA) is 71.3 Å². The van der Waals surface area contributed by atoms with Crippen LogP contribution in [0.1, 0.15) is 11.1 Å². The van der Waals surface area contributed by atoms with Crippen LogP contribution >= 0.6 is 11.6 Å². The van der Waals surface area contributed by atoms with Crippen molar-refractivity contribution in [2.24, 2.45) is 0 Å². The molecule has 3 rings (SSSR count). The molecule has 0 unspecified atom stereocenters. The van der Waals surface area contributed by atoms with Gasteiger partial charge in [0.25, 0.3) is 5.91 Å². The zero-order chi connectivity index (χ0) is 21.3. The van der Waals surface area contributed by atoms with Gasteiger partial charge < -0.3 is 14.8 Å². The number of nitrogens with zero attached hydrogens (tertiary/aromatic N) is 1. The lowest BCUT2D eigenvalue weighted by Crippen LogP contribution is -2.13. The molecule has 3 aromatic rings. The Bertz CT molecular complexity index is 1090. The van der Waals surface area contributed by atoms with Gasteiger partial charge in [-0.05, 0) is 48.0 Å². The smallest absolute Gasteiger partial charge is 0.266 e. The van der Waals surface area contributed by atoms with Crippen LogP contribution in [0.15, 0.2) is 78.4 Å². The molecule has 3 aromatic carbocycles. The summed E-state index contributed by atoms with van der Waals surface area (Å²) < 4.78 is 11.2. The van der Waals surface area contributed by atoms with E-state index in [0.29, 0.717) is 34.4 Å². The van der Waals surface area contributed by atoms with Gasteiger partial charge in [0.1, 0.15) is 29.7 Å². The highest BCUT2D eigenvalue weighted by molar-refractivity contribution is 6.30. The minimum absolute atomic E-state index is 0.0559. The quantitative estimate of drug-likeness (QED) is 0.407. The normalized spacial score (nSPS) is 10.8. The van der Waals surface area contributed by atoms with Crippen LogP contribution < -0.4 is 14.8 Å². The summed E-state index contributed by atoms with van der Waals surface area (Å²) in [5.74, 6) is 0.592. The van der Waals surface area contributed by atoms with Crippen molar-refractivity contribution in [3.63, 3.8) is 0 Å². The Labute approximate surface area is 180 Å². The number of methoxy groups -OCH3 is 1. The van der Waals surface area contributed by atoms with Crippen molar-refractivity contribution < 1.29 is 14.3 Å². The molecule has 0 saturated carbocycles. The SMILES string of the molecule is COc1ccc(/C=C(\C#N)C(=O)Nc2ccc(Cl)cc2)c(OCc2ccccc2)c1. The maximum absolute atomic E-state index is 12.5. The molecule has 5 nitrogen and oxygen atoms in total. The van der Waals surface area contributed by atoms with Crippen molar-refractivity contribution in [2.45, 2.75) is 6.61 Å². The molecule has 0 fully saturated rings. The minimum atomic E-state index is -0.523. The molecule has 30 heavy (non-hydrogen) atoms. The van der Waals surface area contributed by atoms with Crippen LogP contribution in [0.25, 0.3) is 6.08 Å². The van der Waals surface area contributed by atoms with Crippen molar-refractivity contribution in [1.29, 1.82) is 5.26 Å². The fraction of sp³-hybridized carbons (Fsp3) is 0.0833. The van der Waals surface area contributed by atoms with E-state index < -0.39 is 5.91 Å². The Kier molecular flexibility index (Phi) is 7.09. The molecule has 0 bridgehead atoms. The van der Waals surface area contributed by atoms with Crippen molar-refractivity contribution in [3.05, 3.63) is 94.5 Å². The summed E-state index contributed by atoms with van der Waals surface area (Å²) in [6, 6.07) is 23.5.